The van der Waals surface area contributed by atoms with Gasteiger partial charge in [0, 0.05) is 11.6 Å². The van der Waals surface area contributed by atoms with E-state index < -0.39 is 41.3 Å². The normalized spacial score (nSPS) is 25.0. The van der Waals surface area contributed by atoms with Crippen LogP contribution in [0.5, 0.6) is 0 Å². The quantitative estimate of drug-likeness (QED) is 0.759. The Morgan fingerprint density at radius 3 is 2.36 bits per heavy atom. The van der Waals surface area contributed by atoms with E-state index in [2.05, 4.69) is 10.6 Å². The number of benzene rings is 1. The number of halogens is 2. The molecule has 2 N–H and O–H groups in total. The first-order valence-corrected chi connectivity index (χ1v) is 9.71. The van der Waals surface area contributed by atoms with Crippen LogP contribution in [0.4, 0.5) is 13.6 Å². The molecule has 0 aliphatic heterocycles. The lowest BCUT2D eigenvalue weighted by Gasteiger charge is -2.63. The number of rotatable bonds is 6. The average molecular weight is 394 g/mol. The monoisotopic (exact) mass is 394 g/mol. The predicted octanol–water partition coefficient (Wildman–Crippen LogP) is 4.23. The molecule has 0 saturated heterocycles. The van der Waals surface area contributed by atoms with Crippen molar-refractivity contribution in [1.29, 1.82) is 0 Å². The third-order valence-electron chi connectivity index (χ3n) is 5.60. The standard InChI is InChI=1S/C21H28F2N2O3/c1-12(15-6-5-14(22)7-16(15)23)24-18(26)17(11-21-8-13(9-21)10-21)25-19(27)28-20(2,3)4/h5-7,12-13,17H,8-11H2,1-4H3,(H,24,26)(H,25,27)/t12-,13?,17?,21?/m1/s1. The number of hydrogen-bond acceptors (Lipinski definition) is 3. The van der Waals surface area contributed by atoms with Gasteiger partial charge in [0.05, 0.1) is 6.04 Å². The minimum atomic E-state index is -0.762. The molecule has 2 amide bonds. The zero-order valence-electron chi connectivity index (χ0n) is 16.8. The molecule has 5 nitrogen and oxygen atoms in total. The number of amides is 2. The van der Waals surface area contributed by atoms with Crippen molar-refractivity contribution in [2.75, 3.05) is 0 Å². The first-order chi connectivity index (χ1) is 13.0. The second kappa shape index (κ2) is 7.33. The molecule has 2 atom stereocenters. The molecule has 1 unspecified atom stereocenters. The molecule has 3 aliphatic carbocycles. The Hall–Kier alpha value is -2.18. The van der Waals surface area contributed by atoms with Crippen molar-refractivity contribution in [3.8, 4) is 0 Å². The number of carbonyl (C=O) groups is 2. The lowest BCUT2D eigenvalue weighted by Crippen LogP contribution is -2.58. The Bertz CT molecular complexity index is 758. The van der Waals surface area contributed by atoms with Gasteiger partial charge in [-0.2, -0.15) is 0 Å². The van der Waals surface area contributed by atoms with Crippen molar-refractivity contribution in [3.05, 3.63) is 35.4 Å². The topological polar surface area (TPSA) is 67.4 Å². The number of carbonyl (C=O) groups excluding carboxylic acids is 2. The van der Waals surface area contributed by atoms with Crippen LogP contribution in [0, 0.1) is 23.0 Å². The van der Waals surface area contributed by atoms with Crippen LogP contribution in [0.1, 0.15) is 65.0 Å². The molecule has 0 heterocycles. The summed E-state index contributed by atoms with van der Waals surface area (Å²) in [7, 11) is 0. The summed E-state index contributed by atoms with van der Waals surface area (Å²) in [6, 6.07) is 1.83. The van der Waals surface area contributed by atoms with Crippen molar-refractivity contribution in [1.82, 2.24) is 10.6 Å². The number of nitrogens with one attached hydrogen (secondary N) is 2. The van der Waals surface area contributed by atoms with Crippen molar-refractivity contribution in [2.24, 2.45) is 11.3 Å². The summed E-state index contributed by atoms with van der Waals surface area (Å²) in [5.74, 6) is -1.04. The third-order valence-corrected chi connectivity index (χ3v) is 5.60. The molecule has 4 rings (SSSR count). The maximum absolute atomic E-state index is 14.0. The third kappa shape index (κ3) is 4.62. The minimum absolute atomic E-state index is 0.117. The summed E-state index contributed by atoms with van der Waals surface area (Å²) in [6.07, 6.45) is 3.12. The van der Waals surface area contributed by atoms with Crippen LogP contribution >= 0.6 is 0 Å². The Morgan fingerprint density at radius 1 is 1.21 bits per heavy atom. The largest absolute Gasteiger partial charge is 0.444 e. The lowest BCUT2D eigenvalue weighted by atomic mass is 9.43. The zero-order valence-corrected chi connectivity index (χ0v) is 16.8. The molecular weight excluding hydrogens is 366 g/mol. The van der Waals surface area contributed by atoms with Gasteiger partial charge in [-0.1, -0.05) is 6.07 Å². The zero-order chi connectivity index (χ0) is 20.7. The van der Waals surface area contributed by atoms with Crippen molar-refractivity contribution in [2.45, 2.75) is 71.1 Å². The Balaban J connectivity index is 1.67. The SMILES string of the molecule is C[C@@H](NC(=O)C(CC12CC(C1)C2)NC(=O)OC(C)(C)C)c1ccc(F)cc1F. The summed E-state index contributed by atoms with van der Waals surface area (Å²) >= 11 is 0. The van der Waals surface area contributed by atoms with Gasteiger partial charge in [-0.05, 0) is 70.8 Å². The van der Waals surface area contributed by atoms with Crippen LogP contribution < -0.4 is 10.6 Å². The van der Waals surface area contributed by atoms with E-state index in [-0.39, 0.29) is 11.0 Å². The highest BCUT2D eigenvalue weighted by atomic mass is 19.1. The van der Waals surface area contributed by atoms with Crippen LogP contribution in [0.25, 0.3) is 0 Å². The van der Waals surface area contributed by atoms with Crippen LogP contribution in [0.2, 0.25) is 0 Å². The van der Waals surface area contributed by atoms with Crippen LogP contribution in [-0.2, 0) is 9.53 Å². The molecule has 0 radical (unpaired) electrons. The molecule has 0 aromatic heterocycles. The van der Waals surface area contributed by atoms with E-state index in [0.717, 1.165) is 37.3 Å². The van der Waals surface area contributed by atoms with Gasteiger partial charge in [0.1, 0.15) is 23.3 Å². The second-order valence-electron chi connectivity index (χ2n) is 9.28. The molecule has 1 aromatic carbocycles. The van der Waals surface area contributed by atoms with E-state index in [0.29, 0.717) is 6.42 Å². The van der Waals surface area contributed by atoms with Crippen LogP contribution in [0.3, 0.4) is 0 Å². The fourth-order valence-corrected chi connectivity index (χ4v) is 4.24. The van der Waals surface area contributed by atoms with Crippen molar-refractivity contribution < 1.29 is 23.1 Å². The fraction of sp³-hybridized carbons (Fsp3) is 0.619. The second-order valence-corrected chi connectivity index (χ2v) is 9.28. The van der Waals surface area contributed by atoms with Crippen LogP contribution in [0.15, 0.2) is 18.2 Å². The van der Waals surface area contributed by atoms with Gasteiger partial charge in [-0.3, -0.25) is 4.79 Å². The highest BCUT2D eigenvalue weighted by molar-refractivity contribution is 5.86. The number of hydrogen-bond donors (Lipinski definition) is 2. The van der Waals surface area contributed by atoms with Gasteiger partial charge in [-0.15, -0.1) is 0 Å². The lowest BCUT2D eigenvalue weighted by molar-refractivity contribution is -0.137. The molecule has 7 heteroatoms. The summed E-state index contributed by atoms with van der Waals surface area (Å²) in [5, 5.41) is 5.42. The highest BCUT2D eigenvalue weighted by Gasteiger charge is 2.57. The highest BCUT2D eigenvalue weighted by Crippen LogP contribution is 2.66. The molecule has 28 heavy (non-hydrogen) atoms. The first kappa shape index (κ1) is 20.6. The average Bonchev–Trinajstić information content (AvgIpc) is 2.45. The molecule has 1 aromatic rings. The maximum Gasteiger partial charge on any atom is 0.408 e. The minimum Gasteiger partial charge on any atom is -0.444 e. The van der Waals surface area contributed by atoms with E-state index in [4.69, 9.17) is 4.74 Å². The molecular formula is C21H28F2N2O3. The van der Waals surface area contributed by atoms with Gasteiger partial charge in [0.25, 0.3) is 0 Å². The molecule has 0 spiro atoms. The van der Waals surface area contributed by atoms with Crippen molar-refractivity contribution in [3.63, 3.8) is 0 Å². The summed E-state index contributed by atoms with van der Waals surface area (Å²) in [5.41, 5.74) is -0.367. The van der Waals surface area contributed by atoms with Gasteiger partial charge in [0.15, 0.2) is 0 Å². The summed E-state index contributed by atoms with van der Waals surface area (Å²) in [6.45, 7) is 6.88. The Kier molecular flexibility index (Phi) is 5.38. The van der Waals surface area contributed by atoms with E-state index >= 15 is 0 Å². The van der Waals surface area contributed by atoms with E-state index in [9.17, 15) is 18.4 Å². The molecule has 3 aliphatic rings. The number of ether oxygens (including phenoxy) is 1. The van der Waals surface area contributed by atoms with Gasteiger partial charge in [0.2, 0.25) is 5.91 Å². The fourth-order valence-electron chi connectivity index (χ4n) is 4.24. The maximum atomic E-state index is 14.0. The molecule has 3 fully saturated rings. The van der Waals surface area contributed by atoms with Gasteiger partial charge in [-0.25, -0.2) is 13.6 Å². The number of alkyl carbamates (subject to hydrolysis) is 1. The smallest absolute Gasteiger partial charge is 0.408 e. The van der Waals surface area contributed by atoms with Crippen molar-refractivity contribution >= 4 is 12.0 Å². The predicted molar refractivity (Wildman–Crippen MR) is 100 cm³/mol. The Labute approximate surface area is 164 Å². The summed E-state index contributed by atoms with van der Waals surface area (Å²) < 4.78 is 32.4. The molecule has 3 saturated carbocycles. The van der Waals surface area contributed by atoms with Crippen LogP contribution in [-0.4, -0.2) is 23.6 Å². The molecule has 154 valence electrons. The van der Waals surface area contributed by atoms with Gasteiger partial charge >= 0.3 is 6.09 Å². The van der Waals surface area contributed by atoms with E-state index in [1.54, 1.807) is 27.7 Å². The van der Waals surface area contributed by atoms with E-state index in [1.165, 1.54) is 6.07 Å². The van der Waals surface area contributed by atoms with E-state index in [1.807, 2.05) is 0 Å². The van der Waals surface area contributed by atoms with Gasteiger partial charge < -0.3 is 15.4 Å². The first-order valence-electron chi connectivity index (χ1n) is 9.71. The molecule has 2 bridgehead atoms. The summed E-state index contributed by atoms with van der Waals surface area (Å²) in [4.78, 5) is 25.1. The Morgan fingerprint density at radius 2 is 1.86 bits per heavy atom.